The summed E-state index contributed by atoms with van der Waals surface area (Å²) in [5.74, 6) is -0.0773. The van der Waals surface area contributed by atoms with E-state index < -0.39 is 0 Å². The van der Waals surface area contributed by atoms with Crippen molar-refractivity contribution >= 4 is 39.8 Å². The second kappa shape index (κ2) is 7.56. The van der Waals surface area contributed by atoms with E-state index in [-0.39, 0.29) is 5.91 Å². The Bertz CT molecular complexity index is 628. The summed E-state index contributed by atoms with van der Waals surface area (Å²) < 4.78 is 0. The normalized spacial score (nSPS) is 15.4. The average molecular weight is 333 g/mol. The van der Waals surface area contributed by atoms with Crippen molar-refractivity contribution < 1.29 is 4.79 Å². The molecule has 0 radical (unpaired) electrons. The zero-order valence-electron chi connectivity index (χ0n) is 12.3. The van der Waals surface area contributed by atoms with Crippen LogP contribution in [0.1, 0.15) is 29.0 Å². The molecule has 0 atom stereocenters. The average Bonchev–Trinajstić information content (AvgIpc) is 3.20. The molecule has 6 heteroatoms. The number of piperidine rings is 1. The fourth-order valence-electron chi connectivity index (χ4n) is 2.47. The first-order valence-electron chi connectivity index (χ1n) is 7.50. The fourth-order valence-corrected chi connectivity index (χ4v) is 4.11. The number of carbonyl (C=O) groups excluding carboxylic acids is 1. The van der Waals surface area contributed by atoms with Gasteiger partial charge >= 0.3 is 0 Å². The molecular weight excluding hydrogens is 314 g/mol. The molecule has 116 valence electrons. The van der Waals surface area contributed by atoms with Crippen molar-refractivity contribution in [1.82, 2.24) is 5.43 Å². The number of nitrogens with one attached hydrogen (secondary N) is 1. The van der Waals surface area contributed by atoms with E-state index in [9.17, 15) is 4.79 Å². The zero-order chi connectivity index (χ0) is 15.2. The van der Waals surface area contributed by atoms with Gasteiger partial charge in [0.1, 0.15) is 0 Å². The second-order valence-electron chi connectivity index (χ2n) is 5.27. The van der Waals surface area contributed by atoms with Crippen LogP contribution in [-0.2, 0) is 11.2 Å². The van der Waals surface area contributed by atoms with E-state index in [0.717, 1.165) is 22.8 Å². The highest BCUT2D eigenvalue weighted by Crippen LogP contribution is 2.27. The Morgan fingerprint density at radius 3 is 2.91 bits per heavy atom. The second-order valence-corrected chi connectivity index (χ2v) is 7.40. The van der Waals surface area contributed by atoms with E-state index in [1.807, 2.05) is 17.5 Å². The Hall–Kier alpha value is -1.66. The minimum Gasteiger partial charge on any atom is -0.363 e. The van der Waals surface area contributed by atoms with Crippen LogP contribution < -0.4 is 10.3 Å². The highest BCUT2D eigenvalue weighted by atomic mass is 32.1. The van der Waals surface area contributed by atoms with Crippen molar-refractivity contribution in [2.75, 3.05) is 18.0 Å². The largest absolute Gasteiger partial charge is 0.363 e. The lowest BCUT2D eigenvalue weighted by Crippen LogP contribution is -2.28. The number of hydrogen-bond donors (Lipinski definition) is 1. The number of rotatable bonds is 5. The van der Waals surface area contributed by atoms with Crippen LogP contribution in [0.3, 0.4) is 0 Å². The Morgan fingerprint density at radius 1 is 1.27 bits per heavy atom. The molecule has 22 heavy (non-hydrogen) atoms. The predicted molar refractivity (Wildman–Crippen MR) is 94.1 cm³/mol. The lowest BCUT2D eigenvalue weighted by Gasteiger charge is -2.27. The molecule has 0 spiro atoms. The number of anilines is 1. The summed E-state index contributed by atoms with van der Waals surface area (Å²) >= 11 is 3.31. The molecule has 0 aliphatic carbocycles. The summed E-state index contributed by atoms with van der Waals surface area (Å²) in [5, 5.41) is 7.32. The third-order valence-electron chi connectivity index (χ3n) is 3.58. The number of amides is 1. The van der Waals surface area contributed by atoms with Gasteiger partial charge in [-0.1, -0.05) is 6.07 Å². The van der Waals surface area contributed by atoms with Crippen LogP contribution in [0.4, 0.5) is 5.00 Å². The van der Waals surface area contributed by atoms with Crippen molar-refractivity contribution in [3.63, 3.8) is 0 Å². The summed E-state index contributed by atoms with van der Waals surface area (Å²) in [6, 6.07) is 8.11. The van der Waals surface area contributed by atoms with Gasteiger partial charge in [0, 0.05) is 22.8 Å². The number of carbonyl (C=O) groups is 1. The van der Waals surface area contributed by atoms with Crippen LogP contribution >= 0.6 is 22.7 Å². The van der Waals surface area contributed by atoms with Gasteiger partial charge in [0.25, 0.3) is 0 Å². The zero-order valence-corrected chi connectivity index (χ0v) is 14.0. The maximum absolute atomic E-state index is 11.7. The minimum atomic E-state index is -0.0773. The first kappa shape index (κ1) is 15.2. The number of hydrogen-bond acceptors (Lipinski definition) is 5. The smallest absolute Gasteiger partial charge is 0.245 e. The fraction of sp³-hybridized carbons (Fsp3) is 0.375. The molecule has 0 bridgehead atoms. The number of thiophene rings is 2. The van der Waals surface area contributed by atoms with Gasteiger partial charge in [-0.2, -0.15) is 5.10 Å². The summed E-state index contributed by atoms with van der Waals surface area (Å²) in [5.41, 5.74) is 2.59. The topological polar surface area (TPSA) is 44.7 Å². The molecule has 3 heterocycles. The van der Waals surface area contributed by atoms with Crippen molar-refractivity contribution in [1.29, 1.82) is 0 Å². The molecule has 3 rings (SSSR count). The molecule has 1 aliphatic heterocycles. The molecule has 2 aromatic rings. The summed E-state index contributed by atoms with van der Waals surface area (Å²) in [7, 11) is 0. The van der Waals surface area contributed by atoms with Gasteiger partial charge in [0.05, 0.1) is 17.6 Å². The molecule has 1 N–H and O–H groups in total. The molecule has 0 saturated carbocycles. The number of nitrogens with zero attached hydrogens (tertiary/aromatic N) is 2. The van der Waals surface area contributed by atoms with Crippen molar-refractivity contribution in [2.45, 2.75) is 25.7 Å². The lowest BCUT2D eigenvalue weighted by atomic mass is 10.1. The summed E-state index contributed by atoms with van der Waals surface area (Å²) in [4.78, 5) is 16.3. The van der Waals surface area contributed by atoms with E-state index in [2.05, 4.69) is 27.6 Å². The van der Waals surface area contributed by atoms with E-state index in [1.54, 1.807) is 28.9 Å². The third kappa shape index (κ3) is 4.18. The van der Waals surface area contributed by atoms with E-state index in [4.69, 9.17) is 0 Å². The summed E-state index contributed by atoms with van der Waals surface area (Å²) in [6.07, 6.45) is 6.01. The van der Waals surface area contributed by atoms with Gasteiger partial charge in [-0.3, -0.25) is 4.79 Å². The molecule has 4 nitrogen and oxygen atoms in total. The van der Waals surface area contributed by atoms with Gasteiger partial charge in [0.15, 0.2) is 0 Å². The maximum Gasteiger partial charge on any atom is 0.245 e. The molecule has 2 aromatic heterocycles. The Morgan fingerprint density at radius 2 is 2.14 bits per heavy atom. The highest BCUT2D eigenvalue weighted by molar-refractivity contribution is 7.17. The maximum atomic E-state index is 11.7. The molecule has 1 aliphatic rings. The van der Waals surface area contributed by atoms with Crippen molar-refractivity contribution in [3.8, 4) is 0 Å². The molecule has 1 amide bonds. The third-order valence-corrected chi connectivity index (χ3v) is 5.53. The Kier molecular flexibility index (Phi) is 5.24. The Balaban J connectivity index is 1.50. The standard InChI is InChI=1S/C16H19N3OS2/c20-15(11-13-5-4-10-21-13)18-17-12-14-6-7-16(22-14)19-8-2-1-3-9-19/h4-7,10,12H,1-3,8-9,11H2,(H,18,20)/b17-12-. The van der Waals surface area contributed by atoms with Gasteiger partial charge in [-0.25, -0.2) is 5.43 Å². The predicted octanol–water partition coefficient (Wildman–Crippen LogP) is 3.49. The lowest BCUT2D eigenvalue weighted by molar-refractivity contribution is -0.120. The van der Waals surface area contributed by atoms with Gasteiger partial charge in [-0.05, 0) is 42.8 Å². The van der Waals surface area contributed by atoms with Crippen molar-refractivity contribution in [2.24, 2.45) is 5.10 Å². The molecule has 1 saturated heterocycles. The summed E-state index contributed by atoms with van der Waals surface area (Å²) in [6.45, 7) is 2.29. The van der Waals surface area contributed by atoms with Crippen LogP contribution in [0.5, 0.6) is 0 Å². The molecular formula is C16H19N3OS2. The SMILES string of the molecule is O=C(Cc1cccs1)N/N=C\c1ccc(N2CCCCC2)s1. The molecule has 0 aromatic carbocycles. The first-order chi connectivity index (χ1) is 10.8. The van der Waals surface area contributed by atoms with Crippen LogP contribution in [-0.4, -0.2) is 25.2 Å². The van der Waals surface area contributed by atoms with E-state index in [1.165, 1.54) is 24.3 Å². The van der Waals surface area contributed by atoms with Gasteiger partial charge in [0.2, 0.25) is 5.91 Å². The Labute approximate surface area is 138 Å². The molecule has 1 fully saturated rings. The highest BCUT2D eigenvalue weighted by Gasteiger charge is 2.12. The van der Waals surface area contributed by atoms with E-state index in [0.29, 0.717) is 6.42 Å². The monoisotopic (exact) mass is 333 g/mol. The van der Waals surface area contributed by atoms with Crippen molar-refractivity contribution in [3.05, 3.63) is 39.4 Å². The van der Waals surface area contributed by atoms with E-state index >= 15 is 0 Å². The van der Waals surface area contributed by atoms with Crippen LogP contribution in [0.15, 0.2) is 34.7 Å². The van der Waals surface area contributed by atoms with Gasteiger partial charge in [-0.15, -0.1) is 22.7 Å². The molecule has 0 unspecified atom stereocenters. The first-order valence-corrected chi connectivity index (χ1v) is 9.20. The van der Waals surface area contributed by atoms with Crippen LogP contribution in [0.2, 0.25) is 0 Å². The quantitative estimate of drug-likeness (QED) is 0.672. The van der Waals surface area contributed by atoms with Gasteiger partial charge < -0.3 is 4.90 Å². The number of hydrazone groups is 1. The van der Waals surface area contributed by atoms with Crippen LogP contribution in [0, 0.1) is 0 Å². The van der Waals surface area contributed by atoms with Crippen LogP contribution in [0.25, 0.3) is 0 Å². The minimum absolute atomic E-state index is 0.0773.